The smallest absolute Gasteiger partial charge is 0.277 e. The Morgan fingerprint density at radius 1 is 1.26 bits per heavy atom. The van der Waals surface area contributed by atoms with Crippen molar-refractivity contribution in [1.82, 2.24) is 5.43 Å². The van der Waals surface area contributed by atoms with Gasteiger partial charge in [0, 0.05) is 22.3 Å². The predicted octanol–water partition coefficient (Wildman–Crippen LogP) is 5.59. The number of hydrogen-bond donors (Lipinski definition) is 1. The summed E-state index contributed by atoms with van der Waals surface area (Å²) in [6, 6.07) is 11.6. The van der Waals surface area contributed by atoms with Crippen molar-refractivity contribution in [3.63, 3.8) is 0 Å². The number of rotatable bonds is 6. The van der Waals surface area contributed by atoms with Gasteiger partial charge in [0.15, 0.2) is 6.61 Å². The van der Waals surface area contributed by atoms with Crippen molar-refractivity contribution in [2.45, 2.75) is 53.1 Å². The summed E-state index contributed by atoms with van der Waals surface area (Å²) in [5, 5.41) is 4.68. The van der Waals surface area contributed by atoms with Crippen LogP contribution in [0.3, 0.4) is 0 Å². The molecule has 0 bridgehead atoms. The second-order valence-corrected chi connectivity index (χ2v) is 9.15. The number of nitrogens with zero attached hydrogens (tertiary/aromatic N) is 2. The predicted molar refractivity (Wildman–Crippen MR) is 129 cm³/mol. The van der Waals surface area contributed by atoms with Crippen molar-refractivity contribution >= 4 is 35.0 Å². The molecule has 5 nitrogen and oxygen atoms in total. The highest BCUT2D eigenvalue weighted by molar-refractivity contribution is 6.30. The van der Waals surface area contributed by atoms with Gasteiger partial charge in [-0.3, -0.25) is 4.79 Å². The highest BCUT2D eigenvalue weighted by Crippen LogP contribution is 2.41. The molecule has 0 spiro atoms. The first-order valence-electron chi connectivity index (χ1n) is 10.4. The van der Waals surface area contributed by atoms with Crippen molar-refractivity contribution in [1.29, 1.82) is 0 Å². The lowest BCUT2D eigenvalue weighted by Crippen LogP contribution is -2.49. The fraction of sp³-hybridized carbons (Fsp3) is 0.360. The fourth-order valence-electron chi connectivity index (χ4n) is 4.21. The highest BCUT2D eigenvalue weighted by atomic mass is 35.5. The maximum Gasteiger partial charge on any atom is 0.277 e. The van der Waals surface area contributed by atoms with Crippen molar-refractivity contribution in [2.75, 3.05) is 11.5 Å². The van der Waals surface area contributed by atoms with E-state index in [4.69, 9.17) is 16.3 Å². The zero-order valence-corrected chi connectivity index (χ0v) is 19.7. The Bertz CT molecular complexity index is 1040. The fourth-order valence-corrected chi connectivity index (χ4v) is 4.39. The van der Waals surface area contributed by atoms with Crippen molar-refractivity contribution < 1.29 is 9.53 Å². The van der Waals surface area contributed by atoms with Crippen LogP contribution in [0.4, 0.5) is 5.69 Å². The van der Waals surface area contributed by atoms with Gasteiger partial charge in [0.2, 0.25) is 0 Å². The Balaban J connectivity index is 1.72. The van der Waals surface area contributed by atoms with Crippen LogP contribution in [-0.2, 0) is 4.79 Å². The molecule has 0 fully saturated rings. The molecular formula is C25H30ClN3O2. The number of hydrogen-bond acceptors (Lipinski definition) is 4. The summed E-state index contributed by atoms with van der Waals surface area (Å²) in [5.41, 5.74) is 8.20. The van der Waals surface area contributed by atoms with Crippen LogP contribution < -0.4 is 15.1 Å². The number of allylic oxidation sites excluding steroid dienone is 1. The molecule has 0 unspecified atom stereocenters. The topological polar surface area (TPSA) is 53.9 Å². The zero-order valence-electron chi connectivity index (χ0n) is 19.0. The first-order chi connectivity index (χ1) is 14.6. The number of anilines is 1. The maximum atomic E-state index is 12.1. The zero-order chi connectivity index (χ0) is 22.8. The second-order valence-electron chi connectivity index (χ2n) is 8.71. The number of fused-ring (bicyclic) bond motifs is 1. The van der Waals surface area contributed by atoms with Gasteiger partial charge in [0.05, 0.1) is 11.8 Å². The van der Waals surface area contributed by atoms with E-state index in [0.29, 0.717) is 16.8 Å². The molecule has 2 aromatic rings. The molecule has 0 atom stereocenters. The first-order valence-corrected chi connectivity index (χ1v) is 10.8. The highest BCUT2D eigenvalue weighted by Gasteiger charge is 2.33. The van der Waals surface area contributed by atoms with Crippen LogP contribution >= 0.6 is 11.6 Å². The molecule has 1 heterocycles. The number of benzene rings is 2. The van der Waals surface area contributed by atoms with Gasteiger partial charge in [0.25, 0.3) is 5.91 Å². The second kappa shape index (κ2) is 9.15. The summed E-state index contributed by atoms with van der Waals surface area (Å²) in [7, 11) is 0. The number of nitrogens with one attached hydrogen (secondary N) is 1. The van der Waals surface area contributed by atoms with E-state index >= 15 is 0 Å². The van der Waals surface area contributed by atoms with Crippen molar-refractivity contribution in [3.8, 4) is 5.75 Å². The summed E-state index contributed by atoms with van der Waals surface area (Å²) in [4.78, 5) is 14.5. The number of halogens is 1. The minimum atomic E-state index is -0.337. The van der Waals surface area contributed by atoms with E-state index in [1.54, 1.807) is 30.5 Å². The third-order valence-corrected chi connectivity index (χ3v) is 5.57. The van der Waals surface area contributed by atoms with Crippen molar-refractivity contribution in [2.24, 2.45) is 5.10 Å². The molecule has 0 radical (unpaired) electrons. The van der Waals surface area contributed by atoms with Crippen LogP contribution in [0.5, 0.6) is 5.75 Å². The van der Waals surface area contributed by atoms with Gasteiger partial charge in [-0.25, -0.2) is 5.43 Å². The number of aryl methyl sites for hydroxylation is 1. The Labute approximate surface area is 189 Å². The van der Waals surface area contributed by atoms with Crippen molar-refractivity contribution in [3.05, 3.63) is 64.2 Å². The largest absolute Gasteiger partial charge is 0.484 e. The summed E-state index contributed by atoms with van der Waals surface area (Å²) < 4.78 is 5.43. The molecule has 0 saturated heterocycles. The number of amides is 1. The summed E-state index contributed by atoms with van der Waals surface area (Å²) in [6.45, 7) is 13.0. The lowest BCUT2D eigenvalue weighted by molar-refractivity contribution is -0.123. The molecule has 2 aromatic carbocycles. The van der Waals surface area contributed by atoms with E-state index in [9.17, 15) is 4.79 Å². The molecule has 0 aromatic heterocycles. The van der Waals surface area contributed by atoms with Gasteiger partial charge in [-0.2, -0.15) is 5.10 Å². The van der Waals surface area contributed by atoms with Gasteiger partial charge in [0.1, 0.15) is 5.75 Å². The molecule has 1 amide bonds. The SMILES string of the molecule is CC1=CC(C)(C)N(C(C)C)c2cc(C)c(/C=N/NC(=O)COc3cccc(Cl)c3)cc21. The first kappa shape index (κ1) is 22.9. The Morgan fingerprint density at radius 2 is 2.00 bits per heavy atom. The molecule has 6 heteroatoms. The molecule has 1 aliphatic heterocycles. The third kappa shape index (κ3) is 5.28. The monoisotopic (exact) mass is 439 g/mol. The Kier molecular flexibility index (Phi) is 6.75. The van der Waals surface area contributed by atoms with Crippen LogP contribution in [0.2, 0.25) is 5.02 Å². The van der Waals surface area contributed by atoms with E-state index in [-0.39, 0.29) is 18.1 Å². The third-order valence-electron chi connectivity index (χ3n) is 5.33. The normalized spacial score (nSPS) is 15.1. The van der Waals surface area contributed by atoms with E-state index in [1.807, 2.05) is 0 Å². The molecule has 1 aliphatic rings. The van der Waals surface area contributed by atoms with Gasteiger partial charge >= 0.3 is 0 Å². The van der Waals surface area contributed by atoms with Crippen LogP contribution in [0.1, 0.15) is 51.3 Å². The minimum Gasteiger partial charge on any atom is -0.484 e. The summed E-state index contributed by atoms with van der Waals surface area (Å²) in [5.74, 6) is 0.202. The van der Waals surface area contributed by atoms with Gasteiger partial charge in [-0.1, -0.05) is 23.7 Å². The Hall–Kier alpha value is -2.79. The van der Waals surface area contributed by atoms with Gasteiger partial charge in [-0.15, -0.1) is 0 Å². The number of hydrazone groups is 1. The van der Waals surface area contributed by atoms with Crippen LogP contribution in [0, 0.1) is 6.92 Å². The average Bonchev–Trinajstić information content (AvgIpc) is 2.66. The lowest BCUT2D eigenvalue weighted by Gasteiger charge is -2.46. The Morgan fingerprint density at radius 3 is 2.68 bits per heavy atom. The molecule has 164 valence electrons. The van der Waals surface area contributed by atoms with E-state index in [1.165, 1.54) is 16.8 Å². The molecule has 3 rings (SSSR count). The van der Waals surface area contributed by atoms with Crippen LogP contribution in [-0.4, -0.2) is 30.3 Å². The number of ether oxygens (including phenoxy) is 1. The lowest BCUT2D eigenvalue weighted by atomic mass is 9.86. The van der Waals surface area contributed by atoms with Crippen LogP contribution in [0.15, 0.2) is 47.6 Å². The molecule has 0 saturated carbocycles. The number of carbonyl (C=O) groups is 1. The average molecular weight is 440 g/mol. The molecule has 0 aliphatic carbocycles. The van der Waals surface area contributed by atoms with E-state index in [2.05, 4.69) is 75.2 Å². The molecule has 1 N–H and O–H groups in total. The van der Waals surface area contributed by atoms with E-state index in [0.717, 1.165) is 11.1 Å². The minimum absolute atomic E-state index is 0.0513. The number of carbonyl (C=O) groups excluding carboxylic acids is 1. The van der Waals surface area contributed by atoms with Crippen LogP contribution in [0.25, 0.3) is 5.57 Å². The summed E-state index contributed by atoms with van der Waals surface area (Å²) in [6.07, 6.45) is 3.99. The molecular weight excluding hydrogens is 410 g/mol. The van der Waals surface area contributed by atoms with E-state index < -0.39 is 0 Å². The van der Waals surface area contributed by atoms with Gasteiger partial charge < -0.3 is 9.64 Å². The summed E-state index contributed by atoms with van der Waals surface area (Å²) >= 11 is 5.92. The standard InChI is InChI=1S/C25H30ClN3O2/c1-16(2)29-23-10-17(3)19(11-22(23)18(4)13-25(29,5)6)14-27-28-24(30)15-31-21-9-7-8-20(26)12-21/h7-14,16H,15H2,1-6H3,(H,28,30)/b27-14+. The maximum absolute atomic E-state index is 12.1. The molecule has 31 heavy (non-hydrogen) atoms. The van der Waals surface area contributed by atoms with Gasteiger partial charge in [-0.05, 0) is 88.6 Å². The quantitative estimate of drug-likeness (QED) is 0.471.